The summed E-state index contributed by atoms with van der Waals surface area (Å²) in [5.41, 5.74) is 7.09. The van der Waals surface area contributed by atoms with Crippen molar-refractivity contribution in [2.24, 2.45) is 0 Å². The number of nitro groups is 1. The van der Waals surface area contributed by atoms with Gasteiger partial charge in [0.2, 0.25) is 5.82 Å². The molecular formula is C23H24Cl2N6O5. The van der Waals surface area contributed by atoms with Crippen LogP contribution < -0.4 is 16.4 Å². The molecule has 4 N–H and O–H groups in total. The lowest BCUT2D eigenvalue weighted by Crippen LogP contribution is -2.32. The predicted molar refractivity (Wildman–Crippen MR) is 137 cm³/mol. The third-order valence-corrected chi connectivity index (χ3v) is 5.60. The number of benzene rings is 1. The number of pyridine rings is 1. The first-order valence-corrected chi connectivity index (χ1v) is 11.7. The molecule has 1 aromatic carbocycles. The van der Waals surface area contributed by atoms with Crippen molar-refractivity contribution in [3.05, 3.63) is 68.4 Å². The lowest BCUT2D eigenvalue weighted by Gasteiger charge is -2.11. The van der Waals surface area contributed by atoms with Gasteiger partial charge in [0.25, 0.3) is 5.91 Å². The first kappa shape index (κ1) is 26.8. The summed E-state index contributed by atoms with van der Waals surface area (Å²) in [7, 11) is 0. The summed E-state index contributed by atoms with van der Waals surface area (Å²) in [5.74, 6) is -0.770. The summed E-state index contributed by atoms with van der Waals surface area (Å²) in [6, 6.07) is 9.51. The molecule has 0 aliphatic carbocycles. The van der Waals surface area contributed by atoms with Crippen molar-refractivity contribution >= 4 is 52.4 Å². The van der Waals surface area contributed by atoms with Gasteiger partial charge < -0.3 is 25.7 Å². The van der Waals surface area contributed by atoms with E-state index in [9.17, 15) is 19.7 Å². The molecule has 2 heterocycles. The van der Waals surface area contributed by atoms with Crippen molar-refractivity contribution in [2.75, 3.05) is 30.7 Å². The minimum Gasteiger partial charge on any atom is -0.465 e. The third-order valence-electron chi connectivity index (χ3n) is 5.05. The topological polar surface area (TPSA) is 154 Å². The second-order valence-electron chi connectivity index (χ2n) is 7.56. The van der Waals surface area contributed by atoms with E-state index in [1.165, 1.54) is 12.1 Å². The van der Waals surface area contributed by atoms with E-state index in [1.54, 1.807) is 42.0 Å². The van der Waals surface area contributed by atoms with E-state index in [0.29, 0.717) is 52.2 Å². The van der Waals surface area contributed by atoms with Crippen LogP contribution in [-0.2, 0) is 16.1 Å². The molecule has 0 fully saturated rings. The number of nitrogens with two attached hydrogens (primary N) is 1. The lowest BCUT2D eigenvalue weighted by molar-refractivity contribution is -0.384. The Bertz CT molecular complexity index is 1280. The second-order valence-corrected chi connectivity index (χ2v) is 8.40. The average Bonchev–Trinajstić information content (AvgIpc) is 3.24. The van der Waals surface area contributed by atoms with E-state index in [0.717, 1.165) is 0 Å². The molecule has 190 valence electrons. The number of esters is 1. The molecule has 36 heavy (non-hydrogen) atoms. The van der Waals surface area contributed by atoms with Gasteiger partial charge in [0.15, 0.2) is 0 Å². The fourth-order valence-electron chi connectivity index (χ4n) is 3.40. The summed E-state index contributed by atoms with van der Waals surface area (Å²) >= 11 is 12.4. The van der Waals surface area contributed by atoms with Gasteiger partial charge >= 0.3 is 11.7 Å². The van der Waals surface area contributed by atoms with Gasteiger partial charge in [0.1, 0.15) is 18.1 Å². The number of rotatable bonds is 11. The average molecular weight is 535 g/mol. The fraction of sp³-hybridized carbons (Fsp3) is 0.261. The molecular weight excluding hydrogens is 511 g/mol. The van der Waals surface area contributed by atoms with E-state index in [2.05, 4.69) is 15.6 Å². The second kappa shape index (κ2) is 12.2. The number of halogens is 2. The smallest absolute Gasteiger partial charge is 0.325 e. The van der Waals surface area contributed by atoms with E-state index in [1.807, 2.05) is 0 Å². The Kier molecular flexibility index (Phi) is 9.09. The zero-order chi connectivity index (χ0) is 26.2. The number of anilines is 2. The highest BCUT2D eigenvalue weighted by Crippen LogP contribution is 2.32. The molecule has 3 rings (SSSR count). The number of carbonyl (C=O) groups excluding carboxylic acids is 2. The van der Waals surface area contributed by atoms with Gasteiger partial charge in [0.05, 0.1) is 11.5 Å². The van der Waals surface area contributed by atoms with Crippen molar-refractivity contribution in [1.82, 2.24) is 14.9 Å². The number of nitrogen functional groups attached to an aromatic ring is 1. The summed E-state index contributed by atoms with van der Waals surface area (Å²) in [4.78, 5) is 38.8. The van der Waals surface area contributed by atoms with Gasteiger partial charge in [0, 0.05) is 46.5 Å². The number of aromatic nitrogens is 2. The highest BCUT2D eigenvalue weighted by Gasteiger charge is 2.17. The molecule has 0 radical (unpaired) electrons. The Morgan fingerprint density at radius 2 is 2.00 bits per heavy atom. The highest BCUT2D eigenvalue weighted by atomic mass is 35.5. The van der Waals surface area contributed by atoms with Crippen LogP contribution in [0.1, 0.15) is 23.8 Å². The summed E-state index contributed by atoms with van der Waals surface area (Å²) in [6.45, 7) is 2.52. The number of hydrogen-bond donors (Lipinski definition) is 3. The summed E-state index contributed by atoms with van der Waals surface area (Å²) in [5, 5.41) is 17.4. The number of ether oxygens (including phenoxy) is 1. The molecule has 13 heteroatoms. The van der Waals surface area contributed by atoms with Crippen LogP contribution in [-0.4, -0.2) is 46.0 Å². The Labute approximate surface area is 216 Å². The summed E-state index contributed by atoms with van der Waals surface area (Å²) < 4.78 is 6.61. The Morgan fingerprint density at radius 1 is 1.22 bits per heavy atom. The van der Waals surface area contributed by atoms with Crippen LogP contribution in [0, 0.1) is 10.1 Å². The number of hydrogen-bond acceptors (Lipinski definition) is 8. The molecule has 3 aromatic rings. The van der Waals surface area contributed by atoms with E-state index in [-0.39, 0.29) is 24.7 Å². The van der Waals surface area contributed by atoms with E-state index < -0.39 is 16.8 Å². The standard InChI is InChI=1S/C23H24Cl2N6O5/c1-2-36-21(32)12-28-23(33)19-10-14(16-5-4-15(24)11-17(16)25)13-30(19)9-3-8-27-20-7-6-18(31(34)35)22(26)29-20/h4-7,10-11,13H,2-3,8-9,12H2,1H3,(H,28,33)(H3,26,27,29). The van der Waals surface area contributed by atoms with Crippen molar-refractivity contribution in [3.8, 4) is 11.1 Å². The molecule has 0 atom stereocenters. The molecule has 0 aliphatic rings. The van der Waals surface area contributed by atoms with Crippen molar-refractivity contribution < 1.29 is 19.2 Å². The maximum absolute atomic E-state index is 12.8. The molecule has 1 amide bonds. The first-order valence-electron chi connectivity index (χ1n) is 10.9. The molecule has 2 aromatic heterocycles. The van der Waals surface area contributed by atoms with Crippen LogP contribution in [0.2, 0.25) is 10.0 Å². The molecule has 0 spiro atoms. The molecule has 0 aliphatic heterocycles. The van der Waals surface area contributed by atoms with Crippen LogP contribution >= 0.6 is 23.2 Å². The van der Waals surface area contributed by atoms with Gasteiger partial charge in [-0.3, -0.25) is 19.7 Å². The van der Waals surface area contributed by atoms with Crippen LogP contribution in [0.25, 0.3) is 11.1 Å². The molecule has 0 unspecified atom stereocenters. The van der Waals surface area contributed by atoms with Gasteiger partial charge in [-0.05, 0) is 37.6 Å². The number of nitrogens with one attached hydrogen (secondary N) is 2. The fourth-order valence-corrected chi connectivity index (χ4v) is 3.92. The van der Waals surface area contributed by atoms with E-state index >= 15 is 0 Å². The van der Waals surface area contributed by atoms with Crippen molar-refractivity contribution in [2.45, 2.75) is 19.9 Å². The quantitative estimate of drug-likeness (QED) is 0.143. The normalized spacial score (nSPS) is 10.6. The maximum Gasteiger partial charge on any atom is 0.325 e. The first-order chi connectivity index (χ1) is 17.2. The zero-order valence-electron chi connectivity index (χ0n) is 19.3. The largest absolute Gasteiger partial charge is 0.465 e. The van der Waals surface area contributed by atoms with Crippen LogP contribution in [0.4, 0.5) is 17.3 Å². The number of carbonyl (C=O) groups is 2. The molecule has 0 saturated heterocycles. The van der Waals surface area contributed by atoms with Crippen molar-refractivity contribution in [3.63, 3.8) is 0 Å². The molecule has 0 saturated carbocycles. The summed E-state index contributed by atoms with van der Waals surface area (Å²) in [6.07, 6.45) is 2.36. The predicted octanol–water partition coefficient (Wildman–Crippen LogP) is 4.14. The number of amides is 1. The van der Waals surface area contributed by atoms with Crippen LogP contribution in [0.3, 0.4) is 0 Å². The minimum absolute atomic E-state index is 0.180. The van der Waals surface area contributed by atoms with E-state index in [4.69, 9.17) is 33.7 Å². The SMILES string of the molecule is CCOC(=O)CNC(=O)c1cc(-c2ccc(Cl)cc2Cl)cn1CCCNc1ccc([N+](=O)[O-])c(N)n1. The van der Waals surface area contributed by atoms with Gasteiger partial charge in [-0.2, -0.15) is 0 Å². The monoisotopic (exact) mass is 534 g/mol. The van der Waals surface area contributed by atoms with Crippen molar-refractivity contribution in [1.29, 1.82) is 0 Å². The van der Waals surface area contributed by atoms with Gasteiger partial charge in [-0.15, -0.1) is 0 Å². The molecule has 11 nitrogen and oxygen atoms in total. The Balaban J connectivity index is 1.73. The Hall–Kier alpha value is -3.83. The zero-order valence-corrected chi connectivity index (χ0v) is 20.8. The Morgan fingerprint density at radius 3 is 2.67 bits per heavy atom. The minimum atomic E-state index is -0.600. The number of aryl methyl sites for hydroxylation is 1. The van der Waals surface area contributed by atoms with Crippen LogP contribution in [0.15, 0.2) is 42.6 Å². The number of nitrogens with zero attached hydrogens (tertiary/aromatic N) is 3. The van der Waals surface area contributed by atoms with Gasteiger partial charge in [-0.25, -0.2) is 4.98 Å². The van der Waals surface area contributed by atoms with Gasteiger partial charge in [-0.1, -0.05) is 29.3 Å². The maximum atomic E-state index is 12.8. The third kappa shape index (κ3) is 6.86. The highest BCUT2D eigenvalue weighted by molar-refractivity contribution is 6.36. The molecule has 0 bridgehead atoms. The lowest BCUT2D eigenvalue weighted by atomic mass is 10.1. The van der Waals surface area contributed by atoms with Crippen LogP contribution in [0.5, 0.6) is 0 Å².